The van der Waals surface area contributed by atoms with E-state index in [9.17, 15) is 19.8 Å². The van der Waals surface area contributed by atoms with Crippen LogP contribution >= 0.6 is 0 Å². The largest absolute Gasteiger partial charge is 0.387 e. The molecule has 1 fully saturated rings. The van der Waals surface area contributed by atoms with Crippen molar-refractivity contribution in [2.45, 2.75) is 81.1 Å². The number of hydrogen-bond donors (Lipinski definition) is 4. The second-order valence-corrected chi connectivity index (χ2v) is 16.2. The monoisotopic (exact) mass is 770 g/mol. The van der Waals surface area contributed by atoms with Gasteiger partial charge in [-0.3, -0.25) is 9.59 Å². The van der Waals surface area contributed by atoms with E-state index in [1.165, 1.54) is 0 Å². The van der Waals surface area contributed by atoms with Crippen LogP contribution in [0.25, 0.3) is 0 Å². The van der Waals surface area contributed by atoms with Gasteiger partial charge in [0.2, 0.25) is 11.8 Å². The van der Waals surface area contributed by atoms with Crippen molar-refractivity contribution >= 4 is 11.8 Å². The highest BCUT2D eigenvalue weighted by Gasteiger charge is 2.54. The van der Waals surface area contributed by atoms with Crippen molar-refractivity contribution in [3.63, 3.8) is 0 Å². The molecule has 6 nitrogen and oxygen atoms in total. The van der Waals surface area contributed by atoms with E-state index in [1.54, 1.807) is 0 Å². The molecule has 6 heteroatoms. The van der Waals surface area contributed by atoms with E-state index in [4.69, 9.17) is 0 Å². The highest BCUT2D eigenvalue weighted by atomic mass is 16.3. The first-order valence-corrected chi connectivity index (χ1v) is 20.5. The van der Waals surface area contributed by atoms with Crippen molar-refractivity contribution in [2.75, 3.05) is 0 Å². The van der Waals surface area contributed by atoms with Gasteiger partial charge in [0.25, 0.3) is 0 Å². The van der Waals surface area contributed by atoms with E-state index in [2.05, 4.69) is 10.6 Å². The minimum atomic E-state index is -1.41. The Labute approximate surface area is 343 Å². The molecule has 58 heavy (non-hydrogen) atoms. The van der Waals surface area contributed by atoms with Crippen molar-refractivity contribution in [1.29, 1.82) is 0 Å². The van der Waals surface area contributed by atoms with Crippen LogP contribution in [0.1, 0.15) is 52.6 Å². The molecule has 0 heterocycles. The molecule has 2 amide bonds. The number of nitrogens with one attached hydrogen (secondary N) is 2. The molecular formula is C52H54N2O4. The third kappa shape index (κ3) is 10.00. The first-order valence-electron chi connectivity index (χ1n) is 20.5. The molecule has 0 aliphatic heterocycles. The van der Waals surface area contributed by atoms with Crippen LogP contribution in [0.4, 0.5) is 0 Å². The molecular weight excluding hydrogens is 717 g/mol. The topological polar surface area (TPSA) is 98.7 Å². The van der Waals surface area contributed by atoms with E-state index in [0.29, 0.717) is 57.8 Å². The molecule has 6 aromatic rings. The Morgan fingerprint density at radius 2 is 0.672 bits per heavy atom. The first-order chi connectivity index (χ1) is 28.2. The fraction of sp³-hybridized carbons (Fsp3) is 0.269. The van der Waals surface area contributed by atoms with E-state index >= 15 is 0 Å². The third-order valence-corrected chi connectivity index (χ3v) is 12.0. The van der Waals surface area contributed by atoms with Gasteiger partial charge >= 0.3 is 0 Å². The van der Waals surface area contributed by atoms with Crippen molar-refractivity contribution in [3.8, 4) is 0 Å². The second kappa shape index (κ2) is 18.6. The summed E-state index contributed by atoms with van der Waals surface area (Å²) in [5, 5.41) is 32.5. The molecule has 0 saturated heterocycles. The fourth-order valence-corrected chi connectivity index (χ4v) is 8.55. The summed E-state index contributed by atoms with van der Waals surface area (Å²) in [6, 6.07) is 57.7. The van der Waals surface area contributed by atoms with Gasteiger partial charge in [0.1, 0.15) is 5.41 Å². The van der Waals surface area contributed by atoms with E-state index in [-0.39, 0.29) is 0 Å². The minimum absolute atomic E-state index is 0.296. The van der Waals surface area contributed by atoms with Gasteiger partial charge in [-0.25, -0.2) is 0 Å². The maximum Gasteiger partial charge on any atom is 0.236 e. The lowest BCUT2D eigenvalue weighted by Crippen LogP contribution is -2.65. The van der Waals surface area contributed by atoms with Crippen molar-refractivity contribution in [1.82, 2.24) is 10.6 Å². The lowest BCUT2D eigenvalue weighted by molar-refractivity contribution is -0.153. The quantitative estimate of drug-likeness (QED) is 0.0666. The maximum absolute atomic E-state index is 15.0. The summed E-state index contributed by atoms with van der Waals surface area (Å²) in [7, 11) is 0. The van der Waals surface area contributed by atoms with Gasteiger partial charge in [-0.2, -0.15) is 0 Å². The Morgan fingerprint density at radius 3 is 0.897 bits per heavy atom. The van der Waals surface area contributed by atoms with Crippen LogP contribution < -0.4 is 10.6 Å². The summed E-state index contributed by atoms with van der Waals surface area (Å²) in [5.74, 6) is -0.797. The average Bonchev–Trinajstić information content (AvgIpc) is 3.22. The maximum atomic E-state index is 15.0. The Bertz CT molecular complexity index is 1940. The highest BCUT2D eigenvalue weighted by molar-refractivity contribution is 6.06. The van der Waals surface area contributed by atoms with E-state index in [0.717, 1.165) is 33.4 Å². The van der Waals surface area contributed by atoms with Gasteiger partial charge in [0.15, 0.2) is 0 Å². The molecule has 6 aromatic carbocycles. The van der Waals surface area contributed by atoms with Crippen LogP contribution in [-0.2, 0) is 48.1 Å². The Hall–Kier alpha value is -5.82. The molecule has 4 N–H and O–H groups in total. The fourth-order valence-electron chi connectivity index (χ4n) is 8.55. The zero-order valence-electron chi connectivity index (χ0n) is 33.1. The lowest BCUT2D eigenvalue weighted by atomic mass is 9.66. The van der Waals surface area contributed by atoms with Gasteiger partial charge in [-0.05, 0) is 59.1 Å². The average molecular weight is 771 g/mol. The number of carbonyl (C=O) groups excluding carboxylic acids is 2. The number of hydrogen-bond acceptors (Lipinski definition) is 4. The van der Waals surface area contributed by atoms with Crippen LogP contribution in [0.2, 0.25) is 0 Å². The highest BCUT2D eigenvalue weighted by Crippen LogP contribution is 2.43. The van der Waals surface area contributed by atoms with Crippen LogP contribution in [0, 0.1) is 5.41 Å². The predicted octanol–water partition coefficient (Wildman–Crippen LogP) is 8.04. The SMILES string of the molecule is O=C(N[C@H](Cc1ccccc1)C(O)(Cc1ccccc1)Cc1ccccc1)C1(C(=O)N[C@H](Cc2ccccc2)C(O)(Cc2ccccc2)Cc2ccccc2)CCC1. The number of aliphatic hydroxyl groups is 2. The first kappa shape index (κ1) is 40.4. The summed E-state index contributed by atoms with van der Waals surface area (Å²) in [6.07, 6.45) is 3.37. The normalized spacial score (nSPS) is 14.7. The van der Waals surface area contributed by atoms with Gasteiger partial charge in [-0.15, -0.1) is 0 Å². The summed E-state index contributed by atoms with van der Waals surface area (Å²) in [5.41, 5.74) is 1.55. The minimum Gasteiger partial charge on any atom is -0.387 e. The van der Waals surface area contributed by atoms with Gasteiger partial charge in [0, 0.05) is 25.7 Å². The van der Waals surface area contributed by atoms with Crippen molar-refractivity contribution < 1.29 is 19.8 Å². The van der Waals surface area contributed by atoms with Crippen LogP contribution in [0.3, 0.4) is 0 Å². The zero-order valence-corrected chi connectivity index (χ0v) is 33.1. The molecule has 7 rings (SSSR count). The molecule has 1 saturated carbocycles. The van der Waals surface area contributed by atoms with Gasteiger partial charge < -0.3 is 20.8 Å². The second-order valence-electron chi connectivity index (χ2n) is 16.2. The molecule has 0 spiro atoms. The molecule has 0 aromatic heterocycles. The van der Waals surface area contributed by atoms with Crippen molar-refractivity contribution in [2.24, 2.45) is 5.41 Å². The van der Waals surface area contributed by atoms with E-state index < -0.39 is 40.5 Å². The van der Waals surface area contributed by atoms with Crippen LogP contribution in [0.5, 0.6) is 0 Å². The predicted molar refractivity (Wildman–Crippen MR) is 231 cm³/mol. The summed E-state index contributed by atoms with van der Waals surface area (Å²) < 4.78 is 0. The lowest BCUT2D eigenvalue weighted by Gasteiger charge is -2.45. The van der Waals surface area contributed by atoms with Crippen molar-refractivity contribution in [3.05, 3.63) is 215 Å². The molecule has 1 aliphatic carbocycles. The standard InChI is InChI=1S/C52H54N2O4/c55-48(53-46(34-40-20-7-1-8-21-40)51(57,36-42-24-11-3-12-25-42)37-43-26-13-4-14-27-43)50(32-19-33-50)49(56)54-47(35-41-22-9-2-10-23-41)52(58,38-44-28-15-5-16-29-44)39-45-30-17-6-18-31-45/h1-18,20-31,46-47,57-58H,19,32-39H2,(H,53,55)(H,54,56)/t46-,47-/m1/s1. The number of carbonyl (C=O) groups is 2. The van der Waals surface area contributed by atoms with Crippen LogP contribution in [0.15, 0.2) is 182 Å². The number of rotatable bonds is 18. The third-order valence-electron chi connectivity index (χ3n) is 12.0. The molecule has 0 unspecified atom stereocenters. The number of benzene rings is 6. The number of amides is 2. The molecule has 0 radical (unpaired) electrons. The molecule has 296 valence electrons. The van der Waals surface area contributed by atoms with E-state index in [1.807, 2.05) is 182 Å². The van der Waals surface area contributed by atoms with Crippen LogP contribution in [-0.4, -0.2) is 45.3 Å². The molecule has 1 aliphatic rings. The summed E-state index contributed by atoms with van der Waals surface area (Å²) in [6.45, 7) is 0. The van der Waals surface area contributed by atoms with Gasteiger partial charge in [-0.1, -0.05) is 188 Å². The Balaban J connectivity index is 1.23. The molecule has 0 bridgehead atoms. The molecule has 2 atom stereocenters. The summed E-state index contributed by atoms with van der Waals surface area (Å²) in [4.78, 5) is 29.9. The van der Waals surface area contributed by atoms with Gasteiger partial charge in [0.05, 0.1) is 23.3 Å². The Morgan fingerprint density at radius 1 is 0.431 bits per heavy atom. The summed E-state index contributed by atoms with van der Waals surface area (Å²) >= 11 is 0. The Kier molecular flexibility index (Phi) is 13.0. The zero-order chi connectivity index (χ0) is 40.3. The smallest absolute Gasteiger partial charge is 0.236 e.